The minimum Gasteiger partial charge on any atom is -0.340 e. The summed E-state index contributed by atoms with van der Waals surface area (Å²) in [5, 5.41) is 3.40. The molecule has 0 spiro atoms. The number of piperazine rings is 1. The number of anilines is 1. The summed E-state index contributed by atoms with van der Waals surface area (Å²) < 4.78 is 0. The minimum atomic E-state index is -0.0691. The predicted octanol–water partition coefficient (Wildman–Crippen LogP) is 4.17. The Bertz CT molecular complexity index is 653. The molecule has 0 atom stereocenters. The molecule has 28 heavy (non-hydrogen) atoms. The maximum absolute atomic E-state index is 12.5. The van der Waals surface area contributed by atoms with Gasteiger partial charge in [-0.25, -0.2) is 0 Å². The van der Waals surface area contributed by atoms with Crippen molar-refractivity contribution in [1.29, 1.82) is 0 Å². The highest BCUT2D eigenvalue weighted by Gasteiger charge is 2.23. The number of nitrogens with one attached hydrogen (secondary N) is 1. The molecule has 1 saturated heterocycles. The molecule has 1 aliphatic heterocycles. The summed E-state index contributed by atoms with van der Waals surface area (Å²) in [5.41, 5.74) is 0.640. The van der Waals surface area contributed by atoms with Gasteiger partial charge in [0.05, 0.1) is 17.3 Å². The molecule has 0 aromatic heterocycles. The van der Waals surface area contributed by atoms with E-state index in [4.69, 9.17) is 11.6 Å². The van der Waals surface area contributed by atoms with E-state index >= 15 is 0 Å². The number of halogens is 1. The Morgan fingerprint density at radius 2 is 1.75 bits per heavy atom. The van der Waals surface area contributed by atoms with Crippen LogP contribution < -0.4 is 5.32 Å². The standard InChI is InChI=1S/C22H32ClN3O2/c23-19-10-4-5-11-20(19)24-21(27)17-25-13-15-26(16-14-25)22(28)12-6-9-18-7-2-1-3-8-18/h4-5,10-11,18H,1-3,6-9,12-17H2,(H,24,27). The number of carbonyl (C=O) groups excluding carboxylic acids is 2. The van der Waals surface area contributed by atoms with Gasteiger partial charge in [0.2, 0.25) is 11.8 Å². The van der Waals surface area contributed by atoms with Crippen LogP contribution in [0.5, 0.6) is 0 Å². The second-order valence-corrected chi connectivity index (χ2v) is 8.49. The van der Waals surface area contributed by atoms with Crippen molar-refractivity contribution < 1.29 is 9.59 Å². The van der Waals surface area contributed by atoms with Crippen LogP contribution in [0, 0.1) is 5.92 Å². The normalized spacial score (nSPS) is 18.8. The molecule has 0 radical (unpaired) electrons. The van der Waals surface area contributed by atoms with E-state index in [0.717, 1.165) is 25.4 Å². The monoisotopic (exact) mass is 405 g/mol. The summed E-state index contributed by atoms with van der Waals surface area (Å²) >= 11 is 6.08. The number of benzene rings is 1. The van der Waals surface area contributed by atoms with E-state index in [2.05, 4.69) is 10.2 Å². The van der Waals surface area contributed by atoms with Crippen LogP contribution in [0.1, 0.15) is 51.4 Å². The van der Waals surface area contributed by atoms with Crippen molar-refractivity contribution in [3.05, 3.63) is 29.3 Å². The predicted molar refractivity (Wildman–Crippen MR) is 114 cm³/mol. The zero-order valence-corrected chi connectivity index (χ0v) is 17.4. The molecule has 3 rings (SSSR count). The fourth-order valence-electron chi connectivity index (χ4n) is 4.29. The van der Waals surface area contributed by atoms with Crippen LogP contribution in [0.15, 0.2) is 24.3 Å². The lowest BCUT2D eigenvalue weighted by Gasteiger charge is -2.34. The second kappa shape index (κ2) is 10.8. The molecular weight excluding hydrogens is 374 g/mol. The summed E-state index contributed by atoms with van der Waals surface area (Å²) in [7, 11) is 0. The molecule has 5 nitrogen and oxygen atoms in total. The first kappa shape index (κ1) is 21.1. The molecule has 154 valence electrons. The number of hydrogen-bond donors (Lipinski definition) is 1. The van der Waals surface area contributed by atoms with Crippen molar-refractivity contribution in [2.45, 2.75) is 51.4 Å². The van der Waals surface area contributed by atoms with E-state index in [-0.39, 0.29) is 11.8 Å². The van der Waals surface area contributed by atoms with Crippen LogP contribution in [-0.4, -0.2) is 54.3 Å². The summed E-state index contributed by atoms with van der Waals surface area (Å²) in [6, 6.07) is 7.24. The van der Waals surface area contributed by atoms with Gasteiger partial charge in [0.25, 0.3) is 0 Å². The first-order chi connectivity index (χ1) is 13.6. The van der Waals surface area contributed by atoms with Gasteiger partial charge in [0.1, 0.15) is 0 Å². The van der Waals surface area contributed by atoms with Crippen molar-refractivity contribution >= 4 is 29.1 Å². The smallest absolute Gasteiger partial charge is 0.238 e. The van der Waals surface area contributed by atoms with Gasteiger partial charge in [-0.3, -0.25) is 14.5 Å². The van der Waals surface area contributed by atoms with E-state index in [0.29, 0.717) is 36.8 Å². The number of carbonyl (C=O) groups is 2. The SMILES string of the molecule is O=C(CN1CCN(C(=O)CCCC2CCCCC2)CC1)Nc1ccccc1Cl. The first-order valence-electron chi connectivity index (χ1n) is 10.7. The lowest BCUT2D eigenvalue weighted by molar-refractivity contribution is -0.133. The molecule has 1 aromatic carbocycles. The van der Waals surface area contributed by atoms with Crippen molar-refractivity contribution in [2.24, 2.45) is 5.92 Å². The van der Waals surface area contributed by atoms with Gasteiger partial charge in [-0.1, -0.05) is 55.8 Å². The molecule has 0 unspecified atom stereocenters. The quantitative estimate of drug-likeness (QED) is 0.740. The zero-order chi connectivity index (χ0) is 19.8. The molecule has 2 aliphatic rings. The third-order valence-corrected chi connectivity index (χ3v) is 6.30. The van der Waals surface area contributed by atoms with Crippen molar-refractivity contribution in [3.8, 4) is 0 Å². The van der Waals surface area contributed by atoms with Crippen LogP contribution in [0.4, 0.5) is 5.69 Å². The minimum absolute atomic E-state index is 0.0691. The summed E-state index contributed by atoms with van der Waals surface area (Å²) in [5.74, 6) is 1.05. The van der Waals surface area contributed by atoms with Gasteiger partial charge in [-0.2, -0.15) is 0 Å². The topological polar surface area (TPSA) is 52.7 Å². The third-order valence-electron chi connectivity index (χ3n) is 5.97. The average molecular weight is 406 g/mol. The van der Waals surface area contributed by atoms with E-state index in [1.807, 2.05) is 17.0 Å². The number of hydrogen-bond acceptors (Lipinski definition) is 3. The molecule has 2 amide bonds. The molecule has 1 N–H and O–H groups in total. The molecule has 2 fully saturated rings. The van der Waals surface area contributed by atoms with Crippen LogP contribution in [0.3, 0.4) is 0 Å². The molecular formula is C22H32ClN3O2. The van der Waals surface area contributed by atoms with Crippen LogP contribution in [0.25, 0.3) is 0 Å². The van der Waals surface area contributed by atoms with E-state index in [1.165, 1.54) is 38.5 Å². The Morgan fingerprint density at radius 1 is 1.04 bits per heavy atom. The van der Waals surface area contributed by atoms with Crippen molar-refractivity contribution in [3.63, 3.8) is 0 Å². The van der Waals surface area contributed by atoms with E-state index < -0.39 is 0 Å². The molecule has 1 heterocycles. The largest absolute Gasteiger partial charge is 0.340 e. The van der Waals surface area contributed by atoms with Crippen LogP contribution in [-0.2, 0) is 9.59 Å². The zero-order valence-electron chi connectivity index (χ0n) is 16.7. The van der Waals surface area contributed by atoms with Gasteiger partial charge in [-0.15, -0.1) is 0 Å². The van der Waals surface area contributed by atoms with Gasteiger partial charge in [0.15, 0.2) is 0 Å². The number of amides is 2. The lowest BCUT2D eigenvalue weighted by Crippen LogP contribution is -2.50. The van der Waals surface area contributed by atoms with E-state index in [1.54, 1.807) is 12.1 Å². The number of para-hydroxylation sites is 1. The Morgan fingerprint density at radius 3 is 2.46 bits per heavy atom. The maximum Gasteiger partial charge on any atom is 0.238 e. The average Bonchev–Trinajstić information content (AvgIpc) is 2.71. The molecule has 6 heteroatoms. The number of nitrogens with zero attached hydrogens (tertiary/aromatic N) is 2. The van der Waals surface area contributed by atoms with Crippen molar-refractivity contribution in [1.82, 2.24) is 9.80 Å². The van der Waals surface area contributed by atoms with Crippen molar-refractivity contribution in [2.75, 3.05) is 38.0 Å². The Labute approximate surface area is 173 Å². The summed E-state index contributed by atoms with van der Waals surface area (Å²) in [4.78, 5) is 28.8. The highest BCUT2D eigenvalue weighted by atomic mass is 35.5. The van der Waals surface area contributed by atoms with E-state index in [9.17, 15) is 9.59 Å². The fraction of sp³-hybridized carbons (Fsp3) is 0.636. The molecule has 1 saturated carbocycles. The Balaban J connectivity index is 1.32. The van der Waals surface area contributed by atoms with Gasteiger partial charge >= 0.3 is 0 Å². The van der Waals surface area contributed by atoms with Crippen LogP contribution in [0.2, 0.25) is 5.02 Å². The molecule has 1 aliphatic carbocycles. The fourth-order valence-corrected chi connectivity index (χ4v) is 4.47. The third kappa shape index (κ3) is 6.49. The van der Waals surface area contributed by atoms with Crippen LogP contribution >= 0.6 is 11.6 Å². The Kier molecular flexibility index (Phi) is 8.16. The first-order valence-corrected chi connectivity index (χ1v) is 11.0. The summed E-state index contributed by atoms with van der Waals surface area (Å²) in [6.45, 7) is 3.23. The second-order valence-electron chi connectivity index (χ2n) is 8.08. The highest BCUT2D eigenvalue weighted by molar-refractivity contribution is 6.33. The summed E-state index contributed by atoms with van der Waals surface area (Å²) in [6.07, 6.45) is 9.71. The molecule has 0 bridgehead atoms. The van der Waals surface area contributed by atoms with Gasteiger partial charge in [-0.05, 0) is 30.9 Å². The maximum atomic E-state index is 12.5. The van der Waals surface area contributed by atoms with Gasteiger partial charge in [0, 0.05) is 32.6 Å². The molecule has 1 aromatic rings. The lowest BCUT2D eigenvalue weighted by atomic mass is 9.86. The number of rotatable bonds is 7. The Hall–Kier alpha value is -1.59. The van der Waals surface area contributed by atoms with Gasteiger partial charge < -0.3 is 10.2 Å². The highest BCUT2D eigenvalue weighted by Crippen LogP contribution is 2.27.